The molecule has 12 heteroatoms. The number of nitrogens with one attached hydrogen (secondary N) is 1. The highest BCUT2D eigenvalue weighted by Gasteiger charge is 2.20. The maximum Gasteiger partial charge on any atom is 0.163 e. The molecule has 0 bridgehead atoms. The Bertz CT molecular complexity index is 1170. The van der Waals surface area contributed by atoms with Crippen LogP contribution in [0.15, 0.2) is 36.7 Å². The molecule has 0 aliphatic carbocycles. The molecule has 0 radical (unpaired) electrons. The topological polar surface area (TPSA) is 103 Å². The van der Waals surface area contributed by atoms with Crippen molar-refractivity contribution in [3.8, 4) is 11.5 Å². The van der Waals surface area contributed by atoms with E-state index in [1.54, 1.807) is 18.2 Å². The molecule has 1 aliphatic rings. The van der Waals surface area contributed by atoms with Crippen molar-refractivity contribution in [2.75, 3.05) is 64.9 Å². The molecule has 1 atom stereocenters. The molecule has 1 aliphatic heterocycles. The number of methoxy groups -OCH3 is 1. The van der Waals surface area contributed by atoms with Gasteiger partial charge in [0.1, 0.15) is 30.7 Å². The Kier molecular flexibility index (Phi) is 10.9. The van der Waals surface area contributed by atoms with Gasteiger partial charge in [-0.2, -0.15) is 0 Å². The normalized spacial score (nSPS) is 15.3. The number of fused-ring (bicyclic) bond motifs is 1. The number of hydrogen-bond acceptors (Lipinski definition) is 9. The monoisotopic (exact) mass is 555 g/mol. The summed E-state index contributed by atoms with van der Waals surface area (Å²) in [7, 11) is 1.52. The first kappa shape index (κ1) is 29.1. The van der Waals surface area contributed by atoms with Crippen LogP contribution in [0.2, 0.25) is 5.02 Å². The quantitative estimate of drug-likeness (QED) is 0.328. The van der Waals surface area contributed by atoms with Crippen molar-refractivity contribution in [1.82, 2.24) is 19.8 Å². The summed E-state index contributed by atoms with van der Waals surface area (Å²) in [5.41, 5.74) is 0.808. The zero-order chi connectivity index (χ0) is 25.5. The predicted molar refractivity (Wildman–Crippen MR) is 144 cm³/mol. The summed E-state index contributed by atoms with van der Waals surface area (Å²) in [6.45, 7) is 5.27. The van der Waals surface area contributed by atoms with E-state index in [0.29, 0.717) is 39.8 Å². The van der Waals surface area contributed by atoms with Crippen LogP contribution in [0.3, 0.4) is 0 Å². The molecule has 1 unspecified atom stereocenters. The Morgan fingerprint density at radius 3 is 2.57 bits per heavy atom. The van der Waals surface area contributed by atoms with Crippen LogP contribution < -0.4 is 14.8 Å². The second kappa shape index (κ2) is 13.9. The largest absolute Gasteiger partial charge is 0.493 e. The number of aliphatic hydroxyl groups is 2. The van der Waals surface area contributed by atoms with Gasteiger partial charge in [0.15, 0.2) is 11.5 Å². The summed E-state index contributed by atoms with van der Waals surface area (Å²) in [6, 6.07) is 7.79. The summed E-state index contributed by atoms with van der Waals surface area (Å²) in [5.74, 6) is 0.799. The van der Waals surface area contributed by atoms with E-state index in [4.69, 9.17) is 26.2 Å². The molecule has 37 heavy (non-hydrogen) atoms. The van der Waals surface area contributed by atoms with Gasteiger partial charge in [0, 0.05) is 62.4 Å². The van der Waals surface area contributed by atoms with Crippen molar-refractivity contribution in [3.63, 3.8) is 0 Å². The molecule has 2 heterocycles. The molecule has 0 saturated carbocycles. The van der Waals surface area contributed by atoms with Crippen molar-refractivity contribution in [2.24, 2.45) is 0 Å². The van der Waals surface area contributed by atoms with Crippen molar-refractivity contribution in [1.29, 1.82) is 0 Å². The van der Waals surface area contributed by atoms with Crippen LogP contribution in [-0.4, -0.2) is 95.7 Å². The van der Waals surface area contributed by atoms with Crippen LogP contribution in [0.25, 0.3) is 10.9 Å². The van der Waals surface area contributed by atoms with E-state index in [2.05, 4.69) is 25.1 Å². The van der Waals surface area contributed by atoms with Gasteiger partial charge < -0.3 is 29.9 Å². The predicted octanol–water partition coefficient (Wildman–Crippen LogP) is 3.34. The number of anilines is 2. The average Bonchev–Trinajstić information content (AvgIpc) is 2.88. The van der Waals surface area contributed by atoms with E-state index in [0.717, 1.165) is 39.1 Å². The first-order valence-corrected chi connectivity index (χ1v) is 12.3. The molecule has 9 nitrogen and oxygen atoms in total. The van der Waals surface area contributed by atoms with Crippen LogP contribution in [0, 0.1) is 5.82 Å². The fourth-order valence-corrected chi connectivity index (χ4v) is 4.34. The molecular formula is C25H32Cl2FN5O4. The maximum absolute atomic E-state index is 14.3. The fourth-order valence-electron chi connectivity index (χ4n) is 4.18. The molecule has 3 N–H and O–H groups in total. The SMILES string of the molecule is COc1cc2c(Nc3ccc(Cl)cc3F)ncnc2cc1OCC(O)CN1CCN(CCCO)CC1.Cl. The Hall–Kier alpha value is -2.47. The Labute approximate surface area is 226 Å². The number of hydrogen-bond donors (Lipinski definition) is 3. The molecule has 2 aromatic carbocycles. The fraction of sp³-hybridized carbons (Fsp3) is 0.440. The van der Waals surface area contributed by atoms with Gasteiger partial charge in [-0.05, 0) is 30.7 Å². The number of rotatable bonds is 11. The first-order valence-electron chi connectivity index (χ1n) is 11.9. The van der Waals surface area contributed by atoms with Crippen molar-refractivity contribution in [2.45, 2.75) is 12.5 Å². The zero-order valence-corrected chi connectivity index (χ0v) is 22.1. The third-order valence-electron chi connectivity index (χ3n) is 6.10. The molecule has 1 aromatic heterocycles. The number of halogens is 3. The number of piperazine rings is 1. The van der Waals surface area contributed by atoms with Gasteiger partial charge in [0.25, 0.3) is 0 Å². The van der Waals surface area contributed by atoms with Crippen LogP contribution in [0.4, 0.5) is 15.9 Å². The van der Waals surface area contributed by atoms with Crippen LogP contribution in [-0.2, 0) is 0 Å². The lowest BCUT2D eigenvalue weighted by molar-refractivity contribution is 0.0445. The van der Waals surface area contributed by atoms with Crippen molar-refractivity contribution >= 4 is 46.4 Å². The number of β-amino-alcohol motifs (C(OH)–C–C–N with tert-alkyl or cyclic N) is 1. The van der Waals surface area contributed by atoms with Gasteiger partial charge in [0.05, 0.1) is 18.3 Å². The number of benzene rings is 2. The smallest absolute Gasteiger partial charge is 0.163 e. The Morgan fingerprint density at radius 2 is 1.86 bits per heavy atom. The molecular weight excluding hydrogens is 524 g/mol. The highest BCUT2D eigenvalue weighted by molar-refractivity contribution is 6.30. The molecule has 0 spiro atoms. The molecule has 202 valence electrons. The van der Waals surface area contributed by atoms with Gasteiger partial charge >= 0.3 is 0 Å². The second-order valence-electron chi connectivity index (χ2n) is 8.68. The third kappa shape index (κ3) is 7.76. The van der Waals surface area contributed by atoms with Crippen LogP contribution in [0.5, 0.6) is 11.5 Å². The minimum absolute atomic E-state index is 0. The lowest BCUT2D eigenvalue weighted by Crippen LogP contribution is -2.49. The summed E-state index contributed by atoms with van der Waals surface area (Å²) >= 11 is 5.85. The van der Waals surface area contributed by atoms with E-state index in [-0.39, 0.29) is 31.3 Å². The summed E-state index contributed by atoms with van der Waals surface area (Å²) in [6.07, 6.45) is 1.49. The van der Waals surface area contributed by atoms with Gasteiger partial charge in [-0.25, -0.2) is 14.4 Å². The minimum Gasteiger partial charge on any atom is -0.493 e. The summed E-state index contributed by atoms with van der Waals surface area (Å²) in [4.78, 5) is 13.1. The minimum atomic E-state index is -0.676. The first-order chi connectivity index (χ1) is 17.5. The highest BCUT2D eigenvalue weighted by Crippen LogP contribution is 2.35. The van der Waals surface area contributed by atoms with Gasteiger partial charge in [0.2, 0.25) is 0 Å². The molecule has 1 saturated heterocycles. The van der Waals surface area contributed by atoms with Crippen LogP contribution >= 0.6 is 24.0 Å². The Balaban J connectivity index is 0.00000380. The van der Waals surface area contributed by atoms with E-state index < -0.39 is 11.9 Å². The number of nitrogens with zero attached hydrogens (tertiary/aromatic N) is 4. The number of aromatic nitrogens is 2. The van der Waals surface area contributed by atoms with Gasteiger partial charge in [-0.15, -0.1) is 12.4 Å². The highest BCUT2D eigenvalue weighted by atomic mass is 35.5. The maximum atomic E-state index is 14.3. The van der Waals surface area contributed by atoms with E-state index in [1.807, 2.05) is 0 Å². The van der Waals surface area contributed by atoms with Gasteiger partial charge in [-0.3, -0.25) is 4.90 Å². The zero-order valence-electron chi connectivity index (χ0n) is 20.6. The second-order valence-corrected chi connectivity index (χ2v) is 9.11. The van der Waals surface area contributed by atoms with Crippen molar-refractivity contribution < 1.29 is 24.1 Å². The average molecular weight is 556 g/mol. The number of aliphatic hydroxyl groups excluding tert-OH is 2. The molecule has 4 rings (SSSR count). The third-order valence-corrected chi connectivity index (χ3v) is 6.34. The number of ether oxygens (including phenoxy) is 2. The molecule has 0 amide bonds. The standard InChI is InChI=1S/C25H31ClFN5O4.ClH/c1-35-23-12-19-22(28-16-29-25(19)30-21-4-3-17(26)11-20(21)27)13-24(23)36-15-18(34)14-32-8-6-31(7-9-32)5-2-10-33;/h3-4,11-13,16,18,33-34H,2,5-10,14-15H2,1H3,(H,28,29,30);1H. The lowest BCUT2D eigenvalue weighted by atomic mass is 10.2. The van der Waals surface area contributed by atoms with E-state index >= 15 is 0 Å². The van der Waals surface area contributed by atoms with Crippen molar-refractivity contribution in [3.05, 3.63) is 47.5 Å². The van der Waals surface area contributed by atoms with Gasteiger partial charge in [-0.1, -0.05) is 11.6 Å². The van der Waals surface area contributed by atoms with E-state index in [9.17, 15) is 9.50 Å². The van der Waals surface area contributed by atoms with Crippen LogP contribution in [0.1, 0.15) is 6.42 Å². The molecule has 3 aromatic rings. The molecule has 1 fully saturated rings. The summed E-state index contributed by atoms with van der Waals surface area (Å²) in [5, 5.41) is 23.5. The summed E-state index contributed by atoms with van der Waals surface area (Å²) < 4.78 is 25.7. The Morgan fingerprint density at radius 1 is 1.11 bits per heavy atom. The van der Waals surface area contributed by atoms with E-state index in [1.165, 1.54) is 25.6 Å². The lowest BCUT2D eigenvalue weighted by Gasteiger charge is -2.35.